The molecule has 3 heteroatoms. The van der Waals surface area contributed by atoms with Gasteiger partial charge in [-0.25, -0.2) is 0 Å². The Labute approximate surface area is 107 Å². The molecule has 0 aromatic heterocycles. The lowest BCUT2D eigenvalue weighted by atomic mass is 10.0. The van der Waals surface area contributed by atoms with Crippen LogP contribution in [0.4, 0.5) is 0 Å². The lowest BCUT2D eigenvalue weighted by Crippen LogP contribution is -2.32. The number of aliphatic hydroxyl groups excluding tert-OH is 2. The van der Waals surface area contributed by atoms with Gasteiger partial charge in [-0.15, -0.1) is 0 Å². The highest BCUT2D eigenvalue weighted by molar-refractivity contribution is 5.83. The van der Waals surface area contributed by atoms with Crippen molar-refractivity contribution in [3.8, 4) is 0 Å². The molecule has 2 aromatic carbocycles. The summed E-state index contributed by atoms with van der Waals surface area (Å²) < 4.78 is 0. The summed E-state index contributed by atoms with van der Waals surface area (Å²) in [4.78, 5) is 0. The first-order chi connectivity index (χ1) is 8.70. The number of rotatable bonds is 5. The quantitative estimate of drug-likeness (QED) is 0.753. The van der Waals surface area contributed by atoms with Crippen molar-refractivity contribution in [1.29, 1.82) is 0 Å². The SMILES string of the molecule is CC(CO)NCC(O)c1ccc2ccccc2c1. The van der Waals surface area contributed by atoms with Crippen LogP contribution < -0.4 is 5.32 Å². The second-order valence-electron chi connectivity index (χ2n) is 4.61. The molecule has 2 rings (SSSR count). The van der Waals surface area contributed by atoms with Crippen LogP contribution in [0.3, 0.4) is 0 Å². The predicted octanol–water partition coefficient (Wildman–Crippen LogP) is 1.84. The Balaban J connectivity index is 2.10. The van der Waals surface area contributed by atoms with Crippen LogP contribution >= 0.6 is 0 Å². The molecule has 18 heavy (non-hydrogen) atoms. The molecule has 0 aliphatic rings. The Morgan fingerprint density at radius 3 is 2.56 bits per heavy atom. The largest absolute Gasteiger partial charge is 0.395 e. The Hall–Kier alpha value is -1.42. The van der Waals surface area contributed by atoms with Crippen LogP contribution in [0.1, 0.15) is 18.6 Å². The molecule has 3 nitrogen and oxygen atoms in total. The average molecular weight is 245 g/mol. The molecule has 0 spiro atoms. The third-order valence-electron chi connectivity index (χ3n) is 3.09. The van der Waals surface area contributed by atoms with Gasteiger partial charge >= 0.3 is 0 Å². The molecule has 3 N–H and O–H groups in total. The standard InChI is InChI=1S/C15H19NO2/c1-11(10-17)16-9-15(18)14-7-6-12-4-2-3-5-13(12)8-14/h2-8,11,15-18H,9-10H2,1H3. The minimum Gasteiger partial charge on any atom is -0.395 e. The fourth-order valence-electron chi connectivity index (χ4n) is 1.91. The molecule has 0 saturated carbocycles. The lowest BCUT2D eigenvalue weighted by molar-refractivity contribution is 0.161. The smallest absolute Gasteiger partial charge is 0.0914 e. The molecule has 2 aromatic rings. The highest BCUT2D eigenvalue weighted by atomic mass is 16.3. The summed E-state index contributed by atoms with van der Waals surface area (Å²) in [5.41, 5.74) is 0.895. The van der Waals surface area contributed by atoms with E-state index in [1.807, 2.05) is 43.3 Å². The van der Waals surface area contributed by atoms with Crippen LogP contribution in [0.5, 0.6) is 0 Å². The Bertz CT molecular complexity index is 513. The summed E-state index contributed by atoms with van der Waals surface area (Å²) in [6.45, 7) is 2.40. The Morgan fingerprint density at radius 1 is 1.11 bits per heavy atom. The van der Waals surface area contributed by atoms with E-state index >= 15 is 0 Å². The maximum Gasteiger partial charge on any atom is 0.0914 e. The van der Waals surface area contributed by atoms with Crippen LogP contribution in [0.25, 0.3) is 10.8 Å². The minimum atomic E-state index is -0.552. The van der Waals surface area contributed by atoms with Gasteiger partial charge in [0.2, 0.25) is 0 Å². The first-order valence-corrected chi connectivity index (χ1v) is 6.21. The summed E-state index contributed by atoms with van der Waals surface area (Å²) in [5, 5.41) is 24.4. The third-order valence-corrected chi connectivity index (χ3v) is 3.09. The van der Waals surface area contributed by atoms with Gasteiger partial charge in [0.05, 0.1) is 12.7 Å². The zero-order valence-electron chi connectivity index (χ0n) is 10.5. The molecule has 96 valence electrons. The summed E-state index contributed by atoms with van der Waals surface area (Å²) in [6, 6.07) is 14.0. The summed E-state index contributed by atoms with van der Waals surface area (Å²) in [5.74, 6) is 0. The van der Waals surface area contributed by atoms with Crippen molar-refractivity contribution < 1.29 is 10.2 Å². The van der Waals surface area contributed by atoms with Crippen LogP contribution in [0, 0.1) is 0 Å². The molecule has 0 saturated heterocycles. The van der Waals surface area contributed by atoms with Crippen molar-refractivity contribution in [3.05, 3.63) is 48.0 Å². The van der Waals surface area contributed by atoms with Crippen molar-refractivity contribution in [2.24, 2.45) is 0 Å². The predicted molar refractivity (Wildman–Crippen MR) is 73.5 cm³/mol. The zero-order chi connectivity index (χ0) is 13.0. The van der Waals surface area contributed by atoms with Gasteiger partial charge in [0.1, 0.15) is 0 Å². The zero-order valence-corrected chi connectivity index (χ0v) is 10.5. The fourth-order valence-corrected chi connectivity index (χ4v) is 1.91. The molecular weight excluding hydrogens is 226 g/mol. The van der Waals surface area contributed by atoms with E-state index in [2.05, 4.69) is 11.4 Å². The molecule has 0 fully saturated rings. The van der Waals surface area contributed by atoms with Gasteiger partial charge in [-0.1, -0.05) is 36.4 Å². The van der Waals surface area contributed by atoms with Crippen molar-refractivity contribution >= 4 is 10.8 Å². The van der Waals surface area contributed by atoms with Crippen molar-refractivity contribution in [3.63, 3.8) is 0 Å². The van der Waals surface area contributed by atoms with Crippen molar-refractivity contribution in [2.75, 3.05) is 13.2 Å². The topological polar surface area (TPSA) is 52.5 Å². The molecule has 0 aliphatic carbocycles. The van der Waals surface area contributed by atoms with Crippen LogP contribution in [0.2, 0.25) is 0 Å². The molecule has 2 atom stereocenters. The summed E-state index contributed by atoms with van der Waals surface area (Å²) >= 11 is 0. The van der Waals surface area contributed by atoms with Crippen LogP contribution in [-0.2, 0) is 0 Å². The van der Waals surface area contributed by atoms with E-state index < -0.39 is 6.10 Å². The second-order valence-corrected chi connectivity index (χ2v) is 4.61. The Kier molecular flexibility index (Phi) is 4.31. The van der Waals surface area contributed by atoms with Gasteiger partial charge in [-0.05, 0) is 29.3 Å². The van der Waals surface area contributed by atoms with E-state index in [0.717, 1.165) is 10.9 Å². The first kappa shape index (κ1) is 13.0. The van der Waals surface area contributed by atoms with E-state index in [0.29, 0.717) is 6.54 Å². The van der Waals surface area contributed by atoms with Crippen molar-refractivity contribution in [1.82, 2.24) is 5.32 Å². The van der Waals surface area contributed by atoms with E-state index in [1.54, 1.807) is 0 Å². The molecule has 0 bridgehead atoms. The number of benzene rings is 2. The highest BCUT2D eigenvalue weighted by Crippen LogP contribution is 2.20. The Morgan fingerprint density at radius 2 is 1.83 bits per heavy atom. The number of hydrogen-bond donors (Lipinski definition) is 3. The average Bonchev–Trinajstić information content (AvgIpc) is 2.43. The van der Waals surface area contributed by atoms with Gasteiger partial charge < -0.3 is 15.5 Å². The van der Waals surface area contributed by atoms with Crippen molar-refractivity contribution in [2.45, 2.75) is 19.1 Å². The van der Waals surface area contributed by atoms with Gasteiger partial charge in [0.25, 0.3) is 0 Å². The minimum absolute atomic E-state index is 0.0000985. The van der Waals surface area contributed by atoms with Gasteiger partial charge in [0, 0.05) is 12.6 Å². The van der Waals surface area contributed by atoms with E-state index in [1.165, 1.54) is 5.39 Å². The third kappa shape index (κ3) is 3.07. The second kappa shape index (κ2) is 5.96. The molecule has 0 aliphatic heterocycles. The fraction of sp³-hybridized carbons (Fsp3) is 0.333. The monoisotopic (exact) mass is 245 g/mol. The summed E-state index contributed by atoms with van der Waals surface area (Å²) in [6.07, 6.45) is -0.552. The molecular formula is C15H19NO2. The highest BCUT2D eigenvalue weighted by Gasteiger charge is 2.09. The molecule has 0 radical (unpaired) electrons. The lowest BCUT2D eigenvalue weighted by Gasteiger charge is -2.16. The number of aliphatic hydroxyl groups is 2. The van der Waals surface area contributed by atoms with E-state index in [-0.39, 0.29) is 12.6 Å². The van der Waals surface area contributed by atoms with Crippen LogP contribution in [0.15, 0.2) is 42.5 Å². The maximum absolute atomic E-state index is 10.1. The number of nitrogens with one attached hydrogen (secondary N) is 1. The van der Waals surface area contributed by atoms with Gasteiger partial charge in [-0.2, -0.15) is 0 Å². The molecule has 0 amide bonds. The van der Waals surface area contributed by atoms with E-state index in [9.17, 15) is 5.11 Å². The maximum atomic E-state index is 10.1. The molecule has 2 unspecified atom stereocenters. The number of fused-ring (bicyclic) bond motifs is 1. The summed E-state index contributed by atoms with van der Waals surface area (Å²) in [7, 11) is 0. The number of hydrogen-bond acceptors (Lipinski definition) is 3. The van der Waals surface area contributed by atoms with E-state index in [4.69, 9.17) is 5.11 Å². The van der Waals surface area contributed by atoms with Gasteiger partial charge in [0.15, 0.2) is 0 Å². The van der Waals surface area contributed by atoms with Crippen LogP contribution in [-0.4, -0.2) is 29.4 Å². The molecule has 0 heterocycles. The first-order valence-electron chi connectivity index (χ1n) is 6.21. The normalized spacial score (nSPS) is 14.6. The van der Waals surface area contributed by atoms with Gasteiger partial charge in [-0.3, -0.25) is 0 Å².